The maximum absolute atomic E-state index is 5.91. The van der Waals surface area contributed by atoms with Crippen LogP contribution in [0.3, 0.4) is 0 Å². The molecule has 0 amide bonds. The van der Waals surface area contributed by atoms with Gasteiger partial charge in [-0.1, -0.05) is 93.8 Å². The highest BCUT2D eigenvalue weighted by atomic mass is 28.4. The summed E-state index contributed by atoms with van der Waals surface area (Å²) in [5.74, 6) is 0. The fraction of sp³-hybridized carbons (Fsp3) is 1.00. The molecular weight excluding hydrogens is 1060 g/mol. The Morgan fingerprint density at radius 2 is 0.352 bits per heavy atom. The topological polar surface area (TPSA) is 169 Å². The monoisotopic (exact) mass is 1160 g/mol. The summed E-state index contributed by atoms with van der Waals surface area (Å²) in [4.78, 5) is 2.67. The lowest BCUT2D eigenvalue weighted by atomic mass is 10.3. The van der Waals surface area contributed by atoms with Gasteiger partial charge in [0.25, 0.3) is 0 Å². The molecule has 0 radical (unpaired) electrons. The molecule has 0 bridgehead atoms. The summed E-state index contributed by atoms with van der Waals surface area (Å²) in [6, 6.07) is 13.7. The second-order valence-corrected chi connectivity index (χ2v) is 47.1. The molecule has 27 heteroatoms. The number of rotatable bonds is 51. The molecule has 0 aromatic rings. The predicted octanol–water partition coefficient (Wildman–Crippen LogP) is 8.60. The van der Waals surface area contributed by atoms with Gasteiger partial charge < -0.3 is 84.6 Å². The summed E-state index contributed by atoms with van der Waals surface area (Å²) in [5.41, 5.74) is 0. The molecule has 428 valence electrons. The molecule has 0 N–H and O–H groups in total. The predicted molar refractivity (Wildman–Crippen MR) is 299 cm³/mol. The Morgan fingerprint density at radius 1 is 0.211 bits per heavy atom. The molecule has 0 unspecified atom stereocenters. The molecule has 0 rings (SSSR count). The largest absolute Gasteiger partial charge is 0.500 e. The van der Waals surface area contributed by atoms with E-state index in [1.807, 2.05) is 0 Å². The van der Waals surface area contributed by atoms with Gasteiger partial charge in [-0.25, -0.2) is 0 Å². The Bertz CT molecular complexity index is 1020. The Balaban J connectivity index is 6.95. The zero-order chi connectivity index (χ0) is 54.0. The summed E-state index contributed by atoms with van der Waals surface area (Å²) < 4.78 is 106. The van der Waals surface area contributed by atoms with Crippen molar-refractivity contribution in [2.24, 2.45) is 0 Å². The maximum atomic E-state index is 5.91. The van der Waals surface area contributed by atoms with E-state index < -0.39 is 69.0 Å². The SMILES string of the molecule is CCN(CCC[Si](CCC[Si](OC)(OC)OC)(CCC[Si](OC)(OC)OC)CCC[Si](OC)(OC)OC)CCC[Si](CCC[Si](OC)(OC)OC)(CCC[Si](OC)(OC)OC)CCC[Si](OC)(OC)OC. The molecule has 0 aliphatic carbocycles. The first-order valence-corrected chi connectivity index (χ1v) is 42.9. The van der Waals surface area contributed by atoms with Crippen LogP contribution >= 0.6 is 0 Å². The van der Waals surface area contributed by atoms with Crippen LogP contribution in [0.2, 0.25) is 84.6 Å². The van der Waals surface area contributed by atoms with Crippen molar-refractivity contribution < 1.29 is 79.7 Å². The maximum Gasteiger partial charge on any atom is 0.500 e. The van der Waals surface area contributed by atoms with Gasteiger partial charge in [-0.2, -0.15) is 0 Å². The summed E-state index contributed by atoms with van der Waals surface area (Å²) >= 11 is 0. The number of hydrogen-bond acceptors (Lipinski definition) is 19. The van der Waals surface area contributed by atoms with Crippen LogP contribution in [0.15, 0.2) is 0 Å². The molecule has 0 spiro atoms. The molecule has 0 heterocycles. The summed E-state index contributed by atoms with van der Waals surface area (Å²) in [6.45, 7) is 5.35. The summed E-state index contributed by atoms with van der Waals surface area (Å²) in [5, 5.41) is 0. The Hall–Kier alpha value is 0.975. The molecular formula is C44H107NO18Si8. The standard InChI is InChI=1S/C44H107NO18Si8/c1-20-45(29-21-31-64(33-23-39-66(46-2,47-3)48-4,34-24-40-67(49-5,50-6)51-7)35-25-41-68(52-8,53-9)54-10)30-22-32-65(36-26-42-69(55-11,56-12)57-13,37-27-43-70(58-14,59-15)60-16)38-28-44-71(61-17,62-18)63-19/h20-44H2,1-19H3. The fourth-order valence-corrected chi connectivity index (χ4v) is 33.5. The molecule has 0 aliphatic rings. The minimum absolute atomic E-state index is 0.764. The molecule has 0 aromatic heterocycles. The average Bonchev–Trinajstić information content (AvgIpc) is 3.42. The molecule has 0 fully saturated rings. The minimum Gasteiger partial charge on any atom is -0.377 e. The fourth-order valence-electron chi connectivity index (χ4n) is 10.7. The molecule has 71 heavy (non-hydrogen) atoms. The first-order chi connectivity index (χ1) is 34.0. The van der Waals surface area contributed by atoms with Gasteiger partial charge in [0.05, 0.1) is 16.1 Å². The third-order valence-corrected chi connectivity index (χ3v) is 43.9. The van der Waals surface area contributed by atoms with Crippen LogP contribution in [0.1, 0.15) is 58.3 Å². The zero-order valence-electron chi connectivity index (χ0n) is 48.5. The van der Waals surface area contributed by atoms with Gasteiger partial charge in [0.1, 0.15) is 0 Å². The van der Waals surface area contributed by atoms with E-state index in [1.54, 1.807) is 128 Å². The van der Waals surface area contributed by atoms with E-state index >= 15 is 0 Å². The second kappa shape index (κ2) is 38.5. The third-order valence-electron chi connectivity index (χ3n) is 15.5. The molecule has 0 saturated heterocycles. The van der Waals surface area contributed by atoms with Gasteiger partial charge in [0, 0.05) is 164 Å². The Kier molecular flexibility index (Phi) is 39.1. The van der Waals surface area contributed by atoms with Crippen LogP contribution in [-0.2, 0) is 79.7 Å². The van der Waals surface area contributed by atoms with Crippen molar-refractivity contribution >= 4 is 69.0 Å². The smallest absolute Gasteiger partial charge is 0.377 e. The van der Waals surface area contributed by atoms with Crippen molar-refractivity contribution in [2.75, 3.05) is 148 Å². The summed E-state index contributed by atoms with van der Waals surface area (Å²) in [6.07, 6.45) is 8.03. The molecule has 0 aromatic carbocycles. The van der Waals surface area contributed by atoms with Crippen LogP contribution in [0.5, 0.6) is 0 Å². The second-order valence-electron chi connectivity index (χ2n) is 18.5. The molecule has 19 nitrogen and oxygen atoms in total. The highest BCUT2D eigenvalue weighted by Gasteiger charge is 2.46. The lowest BCUT2D eigenvalue weighted by Crippen LogP contribution is -2.45. The molecule has 0 saturated carbocycles. The van der Waals surface area contributed by atoms with E-state index in [2.05, 4.69) is 11.8 Å². The number of nitrogens with zero attached hydrogens (tertiary/aromatic N) is 1. The lowest BCUT2D eigenvalue weighted by molar-refractivity contribution is 0.122. The molecule has 0 atom stereocenters. The van der Waals surface area contributed by atoms with Crippen molar-refractivity contribution in [3.05, 3.63) is 0 Å². The van der Waals surface area contributed by atoms with Crippen LogP contribution in [-0.4, -0.2) is 221 Å². The van der Waals surface area contributed by atoms with E-state index in [9.17, 15) is 0 Å². The minimum atomic E-state index is -2.77. The lowest BCUT2D eigenvalue weighted by Gasteiger charge is -2.37. The van der Waals surface area contributed by atoms with E-state index in [0.29, 0.717) is 0 Å². The highest BCUT2D eigenvalue weighted by Crippen LogP contribution is 2.39. The normalized spacial score (nSPS) is 13.9. The van der Waals surface area contributed by atoms with Crippen LogP contribution in [0.25, 0.3) is 0 Å². The summed E-state index contributed by atoms with van der Waals surface area (Å²) in [7, 11) is 9.98. The average molecular weight is 1160 g/mol. The highest BCUT2D eigenvalue weighted by molar-refractivity contribution is 6.81. The van der Waals surface area contributed by atoms with Crippen molar-refractivity contribution in [3.8, 4) is 0 Å². The van der Waals surface area contributed by atoms with E-state index in [1.165, 1.54) is 12.1 Å². The van der Waals surface area contributed by atoms with Gasteiger partial charge in [-0.3, -0.25) is 0 Å². The van der Waals surface area contributed by atoms with Gasteiger partial charge in [-0.15, -0.1) is 0 Å². The quantitative estimate of drug-likeness (QED) is 0.0530. The van der Waals surface area contributed by atoms with E-state index in [4.69, 9.17) is 79.7 Å². The molecule has 0 aliphatic heterocycles. The first kappa shape index (κ1) is 72.0. The van der Waals surface area contributed by atoms with Gasteiger partial charge in [-0.05, 0) is 32.5 Å². The van der Waals surface area contributed by atoms with Crippen LogP contribution in [0, 0.1) is 0 Å². The van der Waals surface area contributed by atoms with Gasteiger partial charge >= 0.3 is 52.8 Å². The van der Waals surface area contributed by atoms with Crippen LogP contribution in [0.4, 0.5) is 0 Å². The van der Waals surface area contributed by atoms with Gasteiger partial charge in [0.15, 0.2) is 0 Å². The van der Waals surface area contributed by atoms with Gasteiger partial charge in [0.2, 0.25) is 0 Å². The van der Waals surface area contributed by atoms with Crippen molar-refractivity contribution in [3.63, 3.8) is 0 Å². The van der Waals surface area contributed by atoms with Crippen molar-refractivity contribution in [1.82, 2.24) is 4.90 Å². The first-order valence-electron chi connectivity index (χ1n) is 25.6. The van der Waals surface area contributed by atoms with Crippen molar-refractivity contribution in [1.29, 1.82) is 0 Å². The van der Waals surface area contributed by atoms with Crippen LogP contribution < -0.4 is 0 Å². The van der Waals surface area contributed by atoms with E-state index in [0.717, 1.165) is 144 Å². The zero-order valence-corrected chi connectivity index (χ0v) is 56.5. The Labute approximate surface area is 442 Å². The Morgan fingerprint density at radius 3 is 0.479 bits per heavy atom. The third kappa shape index (κ3) is 23.9. The van der Waals surface area contributed by atoms with E-state index in [-0.39, 0.29) is 0 Å². The number of hydrogen-bond donors (Lipinski definition) is 0. The van der Waals surface area contributed by atoms with Crippen molar-refractivity contribution in [2.45, 2.75) is 143 Å².